The molecule has 1 N–H and O–H groups in total. The number of fused-ring (bicyclic) bond motifs is 1. The van der Waals surface area contributed by atoms with Crippen LogP contribution in [0.4, 0.5) is 0 Å². The van der Waals surface area contributed by atoms with Crippen LogP contribution in [0.15, 0.2) is 23.0 Å². The molecule has 0 saturated carbocycles. The highest BCUT2D eigenvalue weighted by Crippen LogP contribution is 2.16. The Balaban J connectivity index is 2.74. The Kier molecular flexibility index (Phi) is 1.73. The van der Waals surface area contributed by atoms with Gasteiger partial charge in [-0.15, -0.1) is 0 Å². The highest BCUT2D eigenvalue weighted by molar-refractivity contribution is 7.16. The van der Waals surface area contributed by atoms with E-state index in [-0.39, 0.29) is 4.87 Å². The Morgan fingerprint density at radius 1 is 1.50 bits per heavy atom. The molecule has 0 unspecified atom stereocenters. The molecule has 0 amide bonds. The number of aromatic amines is 1. The summed E-state index contributed by atoms with van der Waals surface area (Å²) in [5.41, 5.74) is 2.22. The Bertz CT molecular complexity index is 455. The normalized spacial score (nSPS) is 10.8. The second-order valence-electron chi connectivity index (χ2n) is 2.70. The summed E-state index contributed by atoms with van der Waals surface area (Å²) in [6.07, 6.45) is 1.02. The molecule has 12 heavy (non-hydrogen) atoms. The molecule has 0 fully saturated rings. The Morgan fingerprint density at radius 2 is 2.33 bits per heavy atom. The van der Waals surface area contributed by atoms with Crippen molar-refractivity contribution in [2.45, 2.75) is 13.3 Å². The second kappa shape index (κ2) is 2.75. The van der Waals surface area contributed by atoms with Crippen molar-refractivity contribution in [1.82, 2.24) is 4.98 Å². The van der Waals surface area contributed by atoms with Crippen LogP contribution in [0.3, 0.4) is 0 Å². The molecule has 3 heteroatoms. The zero-order valence-electron chi connectivity index (χ0n) is 6.76. The van der Waals surface area contributed by atoms with Crippen LogP contribution in [0.5, 0.6) is 0 Å². The number of nitrogens with one attached hydrogen (secondary N) is 1. The van der Waals surface area contributed by atoms with E-state index in [0.717, 1.165) is 16.6 Å². The van der Waals surface area contributed by atoms with Crippen LogP contribution in [0.25, 0.3) is 10.2 Å². The van der Waals surface area contributed by atoms with Crippen molar-refractivity contribution < 1.29 is 0 Å². The molecule has 0 aliphatic heterocycles. The highest BCUT2D eigenvalue weighted by atomic mass is 32.1. The zero-order chi connectivity index (χ0) is 8.55. The van der Waals surface area contributed by atoms with Crippen LogP contribution in [-0.2, 0) is 6.42 Å². The van der Waals surface area contributed by atoms with Crippen molar-refractivity contribution in [3.05, 3.63) is 33.4 Å². The fourth-order valence-corrected chi connectivity index (χ4v) is 2.01. The summed E-state index contributed by atoms with van der Waals surface area (Å²) < 4.78 is 1.05. The van der Waals surface area contributed by atoms with Gasteiger partial charge < -0.3 is 4.98 Å². The number of hydrogen-bond donors (Lipinski definition) is 1. The van der Waals surface area contributed by atoms with Gasteiger partial charge in [0, 0.05) is 0 Å². The van der Waals surface area contributed by atoms with Crippen molar-refractivity contribution in [3.63, 3.8) is 0 Å². The lowest BCUT2D eigenvalue weighted by Crippen LogP contribution is -1.89. The third-order valence-corrected chi connectivity index (χ3v) is 2.74. The monoisotopic (exact) mass is 179 g/mol. The SMILES string of the molecule is CCc1ccc2[nH]c(=O)sc2c1. The van der Waals surface area contributed by atoms with Gasteiger partial charge in [-0.3, -0.25) is 4.79 Å². The average Bonchev–Trinajstić information content (AvgIpc) is 2.43. The summed E-state index contributed by atoms with van der Waals surface area (Å²) >= 11 is 1.27. The lowest BCUT2D eigenvalue weighted by Gasteiger charge is -1.93. The first-order valence-electron chi connectivity index (χ1n) is 3.91. The Morgan fingerprint density at radius 3 is 3.08 bits per heavy atom. The van der Waals surface area contributed by atoms with Crippen molar-refractivity contribution in [3.8, 4) is 0 Å². The average molecular weight is 179 g/mol. The Hall–Kier alpha value is -1.09. The first kappa shape index (κ1) is 7.55. The van der Waals surface area contributed by atoms with Crippen LogP contribution in [0.2, 0.25) is 0 Å². The van der Waals surface area contributed by atoms with Crippen LogP contribution in [-0.4, -0.2) is 4.98 Å². The van der Waals surface area contributed by atoms with Crippen molar-refractivity contribution in [2.24, 2.45) is 0 Å². The topological polar surface area (TPSA) is 32.9 Å². The van der Waals surface area contributed by atoms with Gasteiger partial charge in [0.05, 0.1) is 10.2 Å². The molecule has 1 aromatic heterocycles. The maximum atomic E-state index is 11.0. The number of rotatable bonds is 1. The van der Waals surface area contributed by atoms with Gasteiger partial charge in [0.2, 0.25) is 0 Å². The van der Waals surface area contributed by atoms with Crippen molar-refractivity contribution >= 4 is 21.6 Å². The number of hydrogen-bond acceptors (Lipinski definition) is 2. The van der Waals surface area contributed by atoms with Gasteiger partial charge in [-0.2, -0.15) is 0 Å². The van der Waals surface area contributed by atoms with Gasteiger partial charge in [-0.25, -0.2) is 0 Å². The van der Waals surface area contributed by atoms with E-state index in [0.29, 0.717) is 0 Å². The van der Waals surface area contributed by atoms with Crippen LogP contribution < -0.4 is 4.87 Å². The summed E-state index contributed by atoms with van der Waals surface area (Å²) in [5, 5.41) is 0. The third-order valence-electron chi connectivity index (χ3n) is 1.89. The van der Waals surface area contributed by atoms with E-state index in [1.54, 1.807) is 0 Å². The summed E-state index contributed by atoms with van der Waals surface area (Å²) in [5.74, 6) is 0. The number of H-pyrrole nitrogens is 1. The molecule has 0 bridgehead atoms. The fourth-order valence-electron chi connectivity index (χ4n) is 1.21. The van der Waals surface area contributed by atoms with Crippen LogP contribution in [0.1, 0.15) is 12.5 Å². The molecule has 2 aromatic rings. The summed E-state index contributed by atoms with van der Waals surface area (Å²) in [7, 11) is 0. The van der Waals surface area contributed by atoms with E-state index >= 15 is 0 Å². The number of benzene rings is 1. The predicted molar refractivity (Wildman–Crippen MR) is 51.8 cm³/mol. The lowest BCUT2D eigenvalue weighted by molar-refractivity contribution is 1.15. The van der Waals surface area contributed by atoms with Crippen molar-refractivity contribution in [1.29, 1.82) is 0 Å². The van der Waals surface area contributed by atoms with Gasteiger partial charge in [-0.05, 0) is 24.1 Å². The number of aryl methyl sites for hydroxylation is 1. The molecule has 2 rings (SSSR count). The van der Waals surface area contributed by atoms with Gasteiger partial charge >= 0.3 is 4.87 Å². The number of thiazole rings is 1. The summed E-state index contributed by atoms with van der Waals surface area (Å²) in [6, 6.07) is 6.08. The molecule has 62 valence electrons. The maximum absolute atomic E-state index is 11.0. The minimum absolute atomic E-state index is 0.0262. The molecule has 0 radical (unpaired) electrons. The van der Waals surface area contributed by atoms with E-state index in [1.165, 1.54) is 16.9 Å². The molecule has 0 spiro atoms. The number of aromatic nitrogens is 1. The fraction of sp³-hybridized carbons (Fsp3) is 0.222. The molecular formula is C9H9NOS. The van der Waals surface area contributed by atoms with Gasteiger partial charge in [0.1, 0.15) is 0 Å². The van der Waals surface area contributed by atoms with Gasteiger partial charge in [0.25, 0.3) is 0 Å². The van der Waals surface area contributed by atoms with E-state index < -0.39 is 0 Å². The summed E-state index contributed by atoms with van der Waals surface area (Å²) in [4.78, 5) is 13.8. The lowest BCUT2D eigenvalue weighted by atomic mass is 10.2. The van der Waals surface area contributed by atoms with E-state index in [9.17, 15) is 4.79 Å². The molecule has 0 aliphatic rings. The molecule has 0 saturated heterocycles. The first-order chi connectivity index (χ1) is 5.79. The minimum atomic E-state index is 0.0262. The summed E-state index contributed by atoms with van der Waals surface area (Å²) in [6.45, 7) is 2.11. The molecule has 2 nitrogen and oxygen atoms in total. The zero-order valence-corrected chi connectivity index (χ0v) is 7.57. The standard InChI is InChI=1S/C9H9NOS/c1-2-6-3-4-7-8(5-6)12-9(11)10-7/h3-5H,2H2,1H3,(H,10,11). The molecule has 1 heterocycles. The predicted octanol–water partition coefficient (Wildman–Crippen LogP) is 2.15. The maximum Gasteiger partial charge on any atom is 0.305 e. The van der Waals surface area contributed by atoms with Gasteiger partial charge in [0.15, 0.2) is 0 Å². The quantitative estimate of drug-likeness (QED) is 0.714. The second-order valence-corrected chi connectivity index (χ2v) is 3.71. The third kappa shape index (κ3) is 1.16. The molecule has 0 atom stereocenters. The smallest absolute Gasteiger partial charge is 0.305 e. The molecule has 0 aliphatic carbocycles. The van der Waals surface area contributed by atoms with E-state index in [4.69, 9.17) is 0 Å². The van der Waals surface area contributed by atoms with E-state index in [1.807, 2.05) is 12.1 Å². The van der Waals surface area contributed by atoms with Crippen molar-refractivity contribution in [2.75, 3.05) is 0 Å². The van der Waals surface area contributed by atoms with Crippen LogP contribution >= 0.6 is 11.3 Å². The van der Waals surface area contributed by atoms with Gasteiger partial charge in [-0.1, -0.05) is 24.3 Å². The van der Waals surface area contributed by atoms with Crippen LogP contribution in [0, 0.1) is 0 Å². The molecular weight excluding hydrogens is 170 g/mol. The van der Waals surface area contributed by atoms with E-state index in [2.05, 4.69) is 18.0 Å². The first-order valence-corrected chi connectivity index (χ1v) is 4.73. The Labute approximate surface area is 73.9 Å². The largest absolute Gasteiger partial charge is 0.312 e. The highest BCUT2D eigenvalue weighted by Gasteiger charge is 1.98. The minimum Gasteiger partial charge on any atom is -0.312 e. The molecule has 1 aromatic carbocycles.